The lowest BCUT2D eigenvalue weighted by Crippen LogP contribution is -2.29. The van der Waals surface area contributed by atoms with Gasteiger partial charge in [-0.2, -0.15) is 0 Å². The van der Waals surface area contributed by atoms with Gasteiger partial charge in [0.15, 0.2) is 17.5 Å². The molecule has 0 spiro atoms. The number of aromatic nitrogens is 1. The summed E-state index contributed by atoms with van der Waals surface area (Å²) in [6, 6.07) is 5.07. The van der Waals surface area contributed by atoms with Crippen LogP contribution in [0.25, 0.3) is 0 Å². The van der Waals surface area contributed by atoms with Crippen LogP contribution in [0.1, 0.15) is 16.1 Å². The summed E-state index contributed by atoms with van der Waals surface area (Å²) in [6.07, 6.45) is 0. The third kappa shape index (κ3) is 3.26. The molecule has 8 heteroatoms. The molecule has 2 N–H and O–H groups in total. The number of fused-ring (bicyclic) bond motifs is 1. The topological polar surface area (TPSA) is 83.6 Å². The lowest BCUT2D eigenvalue weighted by Gasteiger charge is -2.20. The number of rotatable bonds is 4. The number of ether oxygens (including phenoxy) is 1. The molecule has 1 aliphatic heterocycles. The lowest BCUT2D eigenvalue weighted by molar-refractivity contribution is -0.118. The van der Waals surface area contributed by atoms with Gasteiger partial charge in [0.25, 0.3) is 11.8 Å². The van der Waals surface area contributed by atoms with Gasteiger partial charge >= 0.3 is 0 Å². The maximum atomic E-state index is 12.4. The quantitative estimate of drug-likeness (QED) is 0.886. The molecular formula is C15H16N4O3S. The van der Waals surface area contributed by atoms with E-state index in [0.717, 1.165) is 10.8 Å². The van der Waals surface area contributed by atoms with Crippen molar-refractivity contribution in [2.24, 2.45) is 0 Å². The summed E-state index contributed by atoms with van der Waals surface area (Å²) in [5.74, 6) is -0.0944. The summed E-state index contributed by atoms with van der Waals surface area (Å²) in [7, 11) is 3.84. The molecule has 0 radical (unpaired) electrons. The molecule has 0 saturated heterocycles. The van der Waals surface area contributed by atoms with Gasteiger partial charge in [-0.25, -0.2) is 4.98 Å². The highest BCUT2D eigenvalue weighted by atomic mass is 32.1. The minimum absolute atomic E-state index is 0.0877. The zero-order valence-electron chi connectivity index (χ0n) is 12.8. The molecule has 1 aromatic heterocycles. The molecule has 0 atom stereocenters. The van der Waals surface area contributed by atoms with E-state index >= 15 is 0 Å². The summed E-state index contributed by atoms with van der Waals surface area (Å²) in [4.78, 5) is 30.0. The maximum absolute atomic E-state index is 12.4. The average molecular weight is 332 g/mol. The van der Waals surface area contributed by atoms with Crippen LogP contribution in [0.3, 0.4) is 0 Å². The number of thiazole rings is 1. The first-order chi connectivity index (χ1) is 11.0. The minimum Gasteiger partial charge on any atom is -0.481 e. The number of hydrogen-bond donors (Lipinski definition) is 2. The van der Waals surface area contributed by atoms with Gasteiger partial charge in [-0.3, -0.25) is 9.59 Å². The Morgan fingerprint density at radius 3 is 3.04 bits per heavy atom. The van der Waals surface area contributed by atoms with Crippen molar-refractivity contribution in [3.63, 3.8) is 0 Å². The third-order valence-electron chi connectivity index (χ3n) is 3.23. The molecule has 1 aliphatic rings. The molecule has 0 unspecified atom stereocenters. The van der Waals surface area contributed by atoms with Crippen LogP contribution in [0, 0.1) is 0 Å². The van der Waals surface area contributed by atoms with Crippen molar-refractivity contribution in [2.75, 3.05) is 30.9 Å². The van der Waals surface area contributed by atoms with E-state index in [1.165, 1.54) is 11.3 Å². The molecule has 0 aliphatic carbocycles. The first kappa shape index (κ1) is 15.3. The van der Waals surface area contributed by atoms with Gasteiger partial charge in [0.2, 0.25) is 0 Å². The van der Waals surface area contributed by atoms with E-state index in [9.17, 15) is 9.59 Å². The monoisotopic (exact) mass is 332 g/mol. The van der Waals surface area contributed by atoms with Crippen LogP contribution >= 0.6 is 11.3 Å². The zero-order chi connectivity index (χ0) is 16.4. The van der Waals surface area contributed by atoms with Crippen molar-refractivity contribution in [3.05, 3.63) is 34.8 Å². The average Bonchev–Trinajstić information content (AvgIpc) is 3.01. The maximum Gasteiger partial charge on any atom is 0.262 e. The Morgan fingerprint density at radius 1 is 1.48 bits per heavy atom. The Kier molecular flexibility index (Phi) is 4.16. The molecule has 0 fully saturated rings. The van der Waals surface area contributed by atoms with Crippen LogP contribution in [-0.4, -0.2) is 37.5 Å². The summed E-state index contributed by atoms with van der Waals surface area (Å²) in [5.41, 5.74) is 1.70. The number of anilines is 2. The molecule has 2 heterocycles. The minimum atomic E-state index is -0.266. The van der Waals surface area contributed by atoms with Crippen molar-refractivity contribution in [2.45, 2.75) is 6.54 Å². The third-order valence-corrected chi connectivity index (χ3v) is 4.29. The Hall–Kier alpha value is -2.61. The smallest absolute Gasteiger partial charge is 0.262 e. The normalized spacial score (nSPS) is 12.9. The molecule has 0 bridgehead atoms. The van der Waals surface area contributed by atoms with E-state index in [1.54, 1.807) is 18.2 Å². The van der Waals surface area contributed by atoms with Gasteiger partial charge in [0, 0.05) is 19.5 Å². The molecule has 7 nitrogen and oxygen atoms in total. The second-order valence-corrected chi connectivity index (χ2v) is 6.05. The van der Waals surface area contributed by atoms with Crippen molar-refractivity contribution in [3.8, 4) is 5.75 Å². The molecule has 120 valence electrons. The fraction of sp³-hybridized carbons (Fsp3) is 0.267. The predicted molar refractivity (Wildman–Crippen MR) is 88.2 cm³/mol. The Bertz CT molecular complexity index is 757. The number of hydrogen-bond acceptors (Lipinski definition) is 6. The van der Waals surface area contributed by atoms with E-state index in [4.69, 9.17) is 4.74 Å². The number of benzene rings is 1. The van der Waals surface area contributed by atoms with E-state index in [2.05, 4.69) is 15.6 Å². The molecule has 3 rings (SSSR count). The van der Waals surface area contributed by atoms with E-state index in [-0.39, 0.29) is 18.4 Å². The van der Waals surface area contributed by atoms with Crippen molar-refractivity contribution >= 4 is 34.0 Å². The van der Waals surface area contributed by atoms with Crippen molar-refractivity contribution < 1.29 is 14.3 Å². The van der Waals surface area contributed by atoms with Gasteiger partial charge in [0.1, 0.15) is 0 Å². The SMILES string of the molecule is CN(C)c1nc(CNC(=O)c2cccc3c2OCC(=O)N3)cs1. The molecule has 1 aromatic carbocycles. The summed E-state index contributed by atoms with van der Waals surface area (Å²) >= 11 is 1.52. The second kappa shape index (κ2) is 6.25. The fourth-order valence-corrected chi connectivity index (χ4v) is 2.90. The Balaban J connectivity index is 1.71. The number of carbonyl (C=O) groups is 2. The summed E-state index contributed by atoms with van der Waals surface area (Å²) in [5, 5.41) is 8.30. The van der Waals surface area contributed by atoms with Crippen LogP contribution in [0.15, 0.2) is 23.6 Å². The zero-order valence-corrected chi connectivity index (χ0v) is 13.6. The molecule has 2 amide bonds. The molecule has 0 saturated carbocycles. The Morgan fingerprint density at radius 2 is 2.30 bits per heavy atom. The van der Waals surface area contributed by atoms with Gasteiger partial charge in [-0.05, 0) is 12.1 Å². The van der Waals surface area contributed by atoms with E-state index < -0.39 is 0 Å². The number of carbonyl (C=O) groups excluding carboxylic acids is 2. The highest BCUT2D eigenvalue weighted by Crippen LogP contribution is 2.31. The lowest BCUT2D eigenvalue weighted by atomic mass is 10.1. The first-order valence-electron chi connectivity index (χ1n) is 7.00. The highest BCUT2D eigenvalue weighted by Gasteiger charge is 2.22. The highest BCUT2D eigenvalue weighted by molar-refractivity contribution is 7.13. The van der Waals surface area contributed by atoms with Crippen molar-refractivity contribution in [1.82, 2.24) is 10.3 Å². The summed E-state index contributed by atoms with van der Waals surface area (Å²) < 4.78 is 5.38. The van der Waals surface area contributed by atoms with E-state index in [1.807, 2.05) is 24.4 Å². The number of amides is 2. The second-order valence-electron chi connectivity index (χ2n) is 5.22. The number of para-hydroxylation sites is 1. The van der Waals surface area contributed by atoms with Crippen LogP contribution in [0.5, 0.6) is 5.75 Å². The van der Waals surface area contributed by atoms with Crippen LogP contribution in [-0.2, 0) is 11.3 Å². The van der Waals surface area contributed by atoms with Crippen LogP contribution in [0.4, 0.5) is 10.8 Å². The van der Waals surface area contributed by atoms with Gasteiger partial charge in [-0.15, -0.1) is 11.3 Å². The van der Waals surface area contributed by atoms with Crippen LogP contribution < -0.4 is 20.3 Å². The van der Waals surface area contributed by atoms with Crippen LogP contribution in [0.2, 0.25) is 0 Å². The van der Waals surface area contributed by atoms with Gasteiger partial charge in [0.05, 0.1) is 23.5 Å². The Labute approximate surface area is 137 Å². The number of nitrogens with zero attached hydrogens (tertiary/aromatic N) is 2. The predicted octanol–water partition coefficient (Wildman–Crippen LogP) is 1.47. The molecular weight excluding hydrogens is 316 g/mol. The summed E-state index contributed by atoms with van der Waals surface area (Å²) in [6.45, 7) is 0.245. The van der Waals surface area contributed by atoms with Gasteiger partial charge in [-0.1, -0.05) is 6.07 Å². The van der Waals surface area contributed by atoms with E-state index in [0.29, 0.717) is 23.5 Å². The number of nitrogens with one attached hydrogen (secondary N) is 2. The standard InChI is InChI=1S/C15H16N4O3S/c1-19(2)15-17-9(8-23-15)6-16-14(21)10-4-3-5-11-13(10)22-7-12(20)18-11/h3-5,8H,6-7H2,1-2H3,(H,16,21)(H,18,20). The van der Waals surface area contributed by atoms with Gasteiger partial charge < -0.3 is 20.3 Å². The first-order valence-corrected chi connectivity index (χ1v) is 7.88. The molecule has 23 heavy (non-hydrogen) atoms. The van der Waals surface area contributed by atoms with Crippen molar-refractivity contribution in [1.29, 1.82) is 0 Å². The fourth-order valence-electron chi connectivity index (χ4n) is 2.14. The molecule has 2 aromatic rings. The largest absolute Gasteiger partial charge is 0.481 e.